The second-order valence-electron chi connectivity index (χ2n) is 7.07. The molecule has 1 aliphatic heterocycles. The molecule has 0 radical (unpaired) electrons. The summed E-state index contributed by atoms with van der Waals surface area (Å²) in [4.78, 5) is 24.6. The summed E-state index contributed by atoms with van der Waals surface area (Å²) < 4.78 is 11.2. The number of aryl methyl sites for hydroxylation is 1. The first-order valence-corrected chi connectivity index (χ1v) is 9.79. The molecule has 3 N–H and O–H groups in total. The van der Waals surface area contributed by atoms with Crippen molar-refractivity contribution < 1.29 is 19.1 Å². The van der Waals surface area contributed by atoms with Gasteiger partial charge in [-0.1, -0.05) is 24.3 Å². The molecule has 2 aromatic carbocycles. The maximum atomic E-state index is 12.5. The molecule has 0 aromatic heterocycles. The number of ether oxygens (including phenoxy) is 2. The van der Waals surface area contributed by atoms with Gasteiger partial charge in [0.1, 0.15) is 6.10 Å². The predicted molar refractivity (Wildman–Crippen MR) is 113 cm³/mol. The first-order chi connectivity index (χ1) is 14.0. The number of rotatable bonds is 7. The molecule has 0 aliphatic carbocycles. The number of hydrogen-bond acceptors (Lipinski definition) is 4. The molecule has 1 heterocycles. The fraction of sp³-hybridized carbons (Fsp3) is 0.364. The van der Waals surface area contributed by atoms with E-state index in [2.05, 4.69) is 16.0 Å². The molecule has 1 fully saturated rings. The molecule has 1 saturated heterocycles. The number of anilines is 3. The van der Waals surface area contributed by atoms with Crippen molar-refractivity contribution in [3.05, 3.63) is 54.1 Å². The third-order valence-electron chi connectivity index (χ3n) is 4.71. The number of urea groups is 1. The van der Waals surface area contributed by atoms with E-state index in [4.69, 9.17) is 9.47 Å². The van der Waals surface area contributed by atoms with Gasteiger partial charge in [0, 0.05) is 23.7 Å². The van der Waals surface area contributed by atoms with Gasteiger partial charge in [0.25, 0.3) is 5.91 Å². The van der Waals surface area contributed by atoms with Crippen molar-refractivity contribution in [2.45, 2.75) is 38.9 Å². The largest absolute Gasteiger partial charge is 0.376 e. The van der Waals surface area contributed by atoms with Gasteiger partial charge in [-0.3, -0.25) is 4.79 Å². The monoisotopic (exact) mass is 397 g/mol. The van der Waals surface area contributed by atoms with Crippen LogP contribution in [0.5, 0.6) is 0 Å². The Morgan fingerprint density at radius 2 is 1.86 bits per heavy atom. The van der Waals surface area contributed by atoms with Gasteiger partial charge in [-0.25, -0.2) is 4.79 Å². The van der Waals surface area contributed by atoms with E-state index in [1.54, 1.807) is 31.2 Å². The van der Waals surface area contributed by atoms with Crippen LogP contribution in [0, 0.1) is 6.92 Å². The second-order valence-corrected chi connectivity index (χ2v) is 7.07. The van der Waals surface area contributed by atoms with Crippen LogP contribution in [0.2, 0.25) is 0 Å². The van der Waals surface area contributed by atoms with Gasteiger partial charge in [0.05, 0.1) is 12.7 Å². The summed E-state index contributed by atoms with van der Waals surface area (Å²) in [6.45, 7) is 4.77. The summed E-state index contributed by atoms with van der Waals surface area (Å²) in [5.41, 5.74) is 2.79. The molecule has 29 heavy (non-hydrogen) atoms. The van der Waals surface area contributed by atoms with Gasteiger partial charge in [-0.15, -0.1) is 0 Å². The maximum absolute atomic E-state index is 12.5. The lowest BCUT2D eigenvalue weighted by Gasteiger charge is -2.17. The zero-order valence-corrected chi connectivity index (χ0v) is 16.7. The first-order valence-electron chi connectivity index (χ1n) is 9.79. The summed E-state index contributed by atoms with van der Waals surface area (Å²) in [7, 11) is 0. The standard InChI is InChI=1S/C22H27N3O4/c1-15-10-11-18(24-22(27)23-17-7-4-3-5-8-17)13-20(15)25-21(26)16(2)29-14-19-9-6-12-28-19/h3-5,7-8,10-11,13,16,19H,6,9,12,14H2,1-2H3,(H,25,26)(H2,23,24,27). The van der Waals surface area contributed by atoms with Crippen molar-refractivity contribution in [1.29, 1.82) is 0 Å². The third-order valence-corrected chi connectivity index (χ3v) is 4.71. The normalized spacial score (nSPS) is 16.8. The fourth-order valence-corrected chi connectivity index (χ4v) is 2.99. The number of hydrogen-bond donors (Lipinski definition) is 3. The first kappa shape index (κ1) is 20.8. The lowest BCUT2D eigenvalue weighted by Crippen LogP contribution is -2.30. The van der Waals surface area contributed by atoms with Gasteiger partial charge in [0.15, 0.2) is 0 Å². The van der Waals surface area contributed by atoms with Crippen LogP contribution in [0.1, 0.15) is 25.3 Å². The van der Waals surface area contributed by atoms with Crippen LogP contribution in [-0.4, -0.2) is 37.4 Å². The molecule has 154 valence electrons. The average molecular weight is 397 g/mol. The SMILES string of the molecule is Cc1ccc(NC(=O)Nc2ccccc2)cc1NC(=O)C(C)OCC1CCCO1. The van der Waals surface area contributed by atoms with Crippen LogP contribution < -0.4 is 16.0 Å². The molecule has 7 heteroatoms. The van der Waals surface area contributed by atoms with Gasteiger partial charge < -0.3 is 25.4 Å². The quantitative estimate of drug-likeness (QED) is 0.654. The zero-order chi connectivity index (χ0) is 20.6. The highest BCUT2D eigenvalue weighted by Gasteiger charge is 2.20. The Labute approximate surface area is 170 Å². The predicted octanol–water partition coefficient (Wildman–Crippen LogP) is 4.16. The van der Waals surface area contributed by atoms with E-state index in [1.165, 1.54) is 0 Å². The number of para-hydroxylation sites is 1. The minimum Gasteiger partial charge on any atom is -0.376 e. The highest BCUT2D eigenvalue weighted by molar-refractivity contribution is 6.01. The van der Waals surface area contributed by atoms with Crippen LogP contribution in [0.25, 0.3) is 0 Å². The summed E-state index contributed by atoms with van der Waals surface area (Å²) in [5, 5.41) is 8.40. The Morgan fingerprint density at radius 3 is 2.59 bits per heavy atom. The molecule has 0 spiro atoms. The molecule has 0 bridgehead atoms. The van der Waals surface area contributed by atoms with Crippen LogP contribution in [-0.2, 0) is 14.3 Å². The molecule has 3 amide bonds. The maximum Gasteiger partial charge on any atom is 0.323 e. The Morgan fingerprint density at radius 1 is 1.10 bits per heavy atom. The van der Waals surface area contributed by atoms with Crippen molar-refractivity contribution in [1.82, 2.24) is 0 Å². The van der Waals surface area contributed by atoms with Crippen molar-refractivity contribution in [3.8, 4) is 0 Å². The number of nitrogens with one attached hydrogen (secondary N) is 3. The molecule has 0 saturated carbocycles. The smallest absolute Gasteiger partial charge is 0.323 e. The number of carbonyl (C=O) groups is 2. The van der Waals surface area contributed by atoms with E-state index >= 15 is 0 Å². The van der Waals surface area contributed by atoms with E-state index in [1.807, 2.05) is 31.2 Å². The lowest BCUT2D eigenvalue weighted by atomic mass is 10.1. The molecular weight excluding hydrogens is 370 g/mol. The van der Waals surface area contributed by atoms with Crippen molar-refractivity contribution in [3.63, 3.8) is 0 Å². The summed E-state index contributed by atoms with van der Waals surface area (Å²) in [5.74, 6) is -0.239. The Hall–Kier alpha value is -2.90. The fourth-order valence-electron chi connectivity index (χ4n) is 2.99. The number of amides is 3. The molecular formula is C22H27N3O4. The third kappa shape index (κ3) is 6.30. The average Bonchev–Trinajstić information content (AvgIpc) is 3.23. The van der Waals surface area contributed by atoms with Gasteiger partial charge in [-0.05, 0) is 56.5 Å². The van der Waals surface area contributed by atoms with Crippen molar-refractivity contribution >= 4 is 29.0 Å². The van der Waals surface area contributed by atoms with E-state index in [0.717, 1.165) is 25.0 Å². The molecule has 2 atom stereocenters. The molecule has 2 unspecified atom stereocenters. The van der Waals surface area contributed by atoms with Gasteiger partial charge in [0.2, 0.25) is 0 Å². The Kier molecular flexibility index (Phi) is 7.21. The highest BCUT2D eigenvalue weighted by Crippen LogP contribution is 2.21. The summed E-state index contributed by atoms with van der Waals surface area (Å²) in [6.07, 6.45) is 1.47. The number of carbonyl (C=O) groups excluding carboxylic acids is 2. The zero-order valence-electron chi connectivity index (χ0n) is 16.7. The Bertz CT molecular complexity index is 835. The van der Waals surface area contributed by atoms with Gasteiger partial charge in [-0.2, -0.15) is 0 Å². The highest BCUT2D eigenvalue weighted by atomic mass is 16.5. The Balaban J connectivity index is 1.55. The summed E-state index contributed by atoms with van der Waals surface area (Å²) >= 11 is 0. The van der Waals surface area contributed by atoms with Crippen molar-refractivity contribution in [2.24, 2.45) is 0 Å². The van der Waals surface area contributed by atoms with E-state index in [9.17, 15) is 9.59 Å². The van der Waals surface area contributed by atoms with Crippen molar-refractivity contribution in [2.75, 3.05) is 29.2 Å². The van der Waals surface area contributed by atoms with E-state index in [0.29, 0.717) is 23.7 Å². The second kappa shape index (κ2) is 10.0. The van der Waals surface area contributed by atoms with E-state index < -0.39 is 6.10 Å². The number of benzene rings is 2. The minimum absolute atomic E-state index is 0.0719. The topological polar surface area (TPSA) is 88.7 Å². The molecule has 1 aliphatic rings. The van der Waals surface area contributed by atoms with Crippen LogP contribution in [0.4, 0.5) is 21.9 Å². The molecule has 7 nitrogen and oxygen atoms in total. The van der Waals surface area contributed by atoms with Crippen LogP contribution in [0.3, 0.4) is 0 Å². The minimum atomic E-state index is -0.600. The lowest BCUT2D eigenvalue weighted by molar-refractivity contribution is -0.128. The molecule has 3 rings (SSSR count). The summed E-state index contributed by atoms with van der Waals surface area (Å²) in [6, 6.07) is 14.2. The van der Waals surface area contributed by atoms with Gasteiger partial charge >= 0.3 is 6.03 Å². The van der Waals surface area contributed by atoms with Crippen LogP contribution >= 0.6 is 0 Å². The van der Waals surface area contributed by atoms with E-state index in [-0.39, 0.29) is 18.0 Å². The van der Waals surface area contributed by atoms with Crippen LogP contribution in [0.15, 0.2) is 48.5 Å². The molecule has 2 aromatic rings.